The Morgan fingerprint density at radius 3 is 2.56 bits per heavy atom. The molecule has 1 N–H and O–H groups in total. The second-order valence-electron chi connectivity index (χ2n) is 9.11. The van der Waals surface area contributed by atoms with Crippen molar-refractivity contribution >= 4 is 11.8 Å². The molecule has 7 nitrogen and oxygen atoms in total. The smallest absolute Gasteiger partial charge is 0.254 e. The molecule has 0 bridgehead atoms. The highest BCUT2D eigenvalue weighted by atomic mass is 16.5. The van der Waals surface area contributed by atoms with Gasteiger partial charge in [0.1, 0.15) is 11.8 Å². The van der Waals surface area contributed by atoms with Crippen molar-refractivity contribution in [3.8, 4) is 11.4 Å². The minimum absolute atomic E-state index is 0.0427. The van der Waals surface area contributed by atoms with Crippen LogP contribution in [0.4, 0.5) is 0 Å². The molecule has 2 aromatic carbocycles. The van der Waals surface area contributed by atoms with Crippen LogP contribution in [-0.4, -0.2) is 45.7 Å². The van der Waals surface area contributed by atoms with Gasteiger partial charge in [0.15, 0.2) is 0 Å². The van der Waals surface area contributed by atoms with Gasteiger partial charge in [0, 0.05) is 17.8 Å². The van der Waals surface area contributed by atoms with E-state index in [-0.39, 0.29) is 17.9 Å². The van der Waals surface area contributed by atoms with E-state index in [0.717, 1.165) is 42.8 Å². The molecule has 176 valence electrons. The normalized spacial score (nSPS) is 21.7. The largest absolute Gasteiger partial charge is 0.497 e. The molecule has 2 amide bonds. The number of nitrogens with one attached hydrogen (secondary N) is 1. The quantitative estimate of drug-likeness (QED) is 0.606. The van der Waals surface area contributed by atoms with Crippen molar-refractivity contribution in [1.82, 2.24) is 20.0 Å². The van der Waals surface area contributed by atoms with Crippen molar-refractivity contribution in [3.05, 3.63) is 78.1 Å². The second-order valence-corrected chi connectivity index (χ2v) is 9.11. The number of methoxy groups -OCH3 is 1. The minimum atomic E-state index is -0.440. The molecule has 2 aliphatic rings. The zero-order valence-corrected chi connectivity index (χ0v) is 19.4. The molecule has 1 aromatic heterocycles. The average Bonchev–Trinajstić information content (AvgIpc) is 3.52. The Bertz CT molecular complexity index is 1140. The SMILES string of the molecule is COc1ccc(-n2ccc(CNC(=O)C3CC4CCCCC4N3C(=O)c3ccccc3)n2)cc1. The van der Waals surface area contributed by atoms with Gasteiger partial charge in [-0.2, -0.15) is 5.10 Å². The predicted octanol–water partition coefficient (Wildman–Crippen LogP) is 3.97. The fraction of sp³-hybridized carbons (Fsp3) is 0.370. The molecule has 0 spiro atoms. The Balaban J connectivity index is 1.28. The summed E-state index contributed by atoms with van der Waals surface area (Å²) in [5.74, 6) is 1.04. The van der Waals surface area contributed by atoms with Crippen LogP contribution in [0.2, 0.25) is 0 Å². The van der Waals surface area contributed by atoms with Gasteiger partial charge in [-0.3, -0.25) is 9.59 Å². The lowest BCUT2D eigenvalue weighted by Crippen LogP contribution is -2.49. The molecular weight excluding hydrogens is 428 g/mol. The summed E-state index contributed by atoms with van der Waals surface area (Å²) in [7, 11) is 1.64. The molecule has 34 heavy (non-hydrogen) atoms. The molecule has 0 radical (unpaired) electrons. The van der Waals surface area contributed by atoms with Gasteiger partial charge in [-0.15, -0.1) is 0 Å². The predicted molar refractivity (Wildman–Crippen MR) is 129 cm³/mol. The molecule has 1 saturated heterocycles. The summed E-state index contributed by atoms with van der Waals surface area (Å²) in [4.78, 5) is 28.6. The summed E-state index contributed by atoms with van der Waals surface area (Å²) >= 11 is 0. The lowest BCUT2D eigenvalue weighted by atomic mass is 9.84. The Hall–Kier alpha value is -3.61. The van der Waals surface area contributed by atoms with Gasteiger partial charge in [-0.25, -0.2) is 4.68 Å². The monoisotopic (exact) mass is 458 g/mol. The van der Waals surface area contributed by atoms with Gasteiger partial charge in [-0.1, -0.05) is 31.0 Å². The standard InChI is InChI=1S/C27H30N4O3/c1-34-23-13-11-22(12-14-23)30-16-15-21(29-30)18-28-26(32)25-17-20-9-5-6-10-24(20)31(25)27(33)19-7-3-2-4-8-19/h2-4,7-8,11-16,20,24-25H,5-6,9-10,17-18H2,1H3,(H,28,32). The molecular formula is C27H30N4O3. The minimum Gasteiger partial charge on any atom is -0.497 e. The Morgan fingerprint density at radius 2 is 1.79 bits per heavy atom. The van der Waals surface area contributed by atoms with E-state index < -0.39 is 6.04 Å². The highest BCUT2D eigenvalue weighted by Crippen LogP contribution is 2.40. The van der Waals surface area contributed by atoms with Crippen molar-refractivity contribution in [2.45, 2.75) is 50.7 Å². The maximum absolute atomic E-state index is 13.4. The van der Waals surface area contributed by atoms with Crippen molar-refractivity contribution in [2.24, 2.45) is 5.92 Å². The highest BCUT2D eigenvalue weighted by Gasteiger charge is 2.47. The number of rotatable bonds is 6. The molecule has 3 unspecified atom stereocenters. The number of amides is 2. The van der Waals surface area contributed by atoms with Gasteiger partial charge < -0.3 is 15.0 Å². The topological polar surface area (TPSA) is 76.5 Å². The van der Waals surface area contributed by atoms with Crippen LogP contribution in [-0.2, 0) is 11.3 Å². The van der Waals surface area contributed by atoms with Gasteiger partial charge in [0.2, 0.25) is 5.91 Å². The number of nitrogens with zero attached hydrogens (tertiary/aromatic N) is 3. The molecule has 3 aromatic rings. The van der Waals surface area contributed by atoms with Crippen molar-refractivity contribution in [1.29, 1.82) is 0 Å². The van der Waals surface area contributed by atoms with E-state index in [4.69, 9.17) is 4.74 Å². The van der Waals surface area contributed by atoms with Crippen LogP contribution >= 0.6 is 0 Å². The first-order chi connectivity index (χ1) is 16.6. The van der Waals surface area contributed by atoms with Crippen LogP contribution in [0.15, 0.2) is 66.9 Å². The molecule has 3 atom stereocenters. The number of carbonyl (C=O) groups is 2. The second kappa shape index (κ2) is 9.71. The van der Waals surface area contributed by atoms with E-state index in [1.807, 2.05) is 71.8 Å². The van der Waals surface area contributed by atoms with Crippen molar-refractivity contribution in [2.75, 3.05) is 7.11 Å². The van der Waals surface area contributed by atoms with E-state index in [2.05, 4.69) is 10.4 Å². The molecule has 1 aliphatic heterocycles. The number of aromatic nitrogens is 2. The summed E-state index contributed by atoms with van der Waals surface area (Å²) < 4.78 is 6.98. The number of benzene rings is 2. The number of hydrogen-bond acceptors (Lipinski definition) is 4. The van der Waals surface area contributed by atoms with Crippen LogP contribution in [0.25, 0.3) is 5.69 Å². The van der Waals surface area contributed by atoms with Gasteiger partial charge in [-0.05, 0) is 67.6 Å². The number of hydrogen-bond donors (Lipinski definition) is 1. The molecule has 7 heteroatoms. The zero-order valence-electron chi connectivity index (χ0n) is 19.4. The fourth-order valence-electron chi connectivity index (χ4n) is 5.35. The molecule has 1 aliphatic carbocycles. The number of fused-ring (bicyclic) bond motifs is 1. The number of likely N-dealkylation sites (tertiary alicyclic amines) is 1. The maximum atomic E-state index is 13.4. The number of ether oxygens (including phenoxy) is 1. The summed E-state index contributed by atoms with van der Waals surface area (Å²) in [6, 6.07) is 18.5. The van der Waals surface area contributed by atoms with E-state index >= 15 is 0 Å². The fourth-order valence-corrected chi connectivity index (χ4v) is 5.35. The van der Waals surface area contributed by atoms with Crippen LogP contribution in [0.1, 0.15) is 48.2 Å². The van der Waals surface area contributed by atoms with Crippen LogP contribution < -0.4 is 10.1 Å². The highest BCUT2D eigenvalue weighted by molar-refractivity contribution is 5.98. The summed E-state index contributed by atoms with van der Waals surface area (Å²) in [5.41, 5.74) is 2.32. The zero-order chi connectivity index (χ0) is 23.5. The van der Waals surface area contributed by atoms with Gasteiger partial charge >= 0.3 is 0 Å². The Labute approximate surface area is 199 Å². The lowest BCUT2D eigenvalue weighted by molar-refractivity contribution is -0.125. The molecule has 5 rings (SSSR count). The Morgan fingerprint density at radius 1 is 1.03 bits per heavy atom. The van der Waals surface area contributed by atoms with Crippen molar-refractivity contribution in [3.63, 3.8) is 0 Å². The first kappa shape index (κ1) is 22.2. The Kier molecular flexibility index (Phi) is 6.34. The van der Waals surface area contributed by atoms with Crippen molar-refractivity contribution < 1.29 is 14.3 Å². The third-order valence-corrected chi connectivity index (χ3v) is 7.07. The summed E-state index contributed by atoms with van der Waals surface area (Å²) in [6.07, 6.45) is 6.94. The third-order valence-electron chi connectivity index (χ3n) is 7.07. The van der Waals surface area contributed by atoms with Crippen LogP contribution in [0, 0.1) is 5.92 Å². The summed E-state index contributed by atoms with van der Waals surface area (Å²) in [6.45, 7) is 0.321. The lowest BCUT2D eigenvalue weighted by Gasteiger charge is -2.33. The maximum Gasteiger partial charge on any atom is 0.254 e. The van der Waals surface area contributed by atoms with E-state index in [1.165, 1.54) is 6.42 Å². The average molecular weight is 459 g/mol. The van der Waals surface area contributed by atoms with Crippen LogP contribution in [0.5, 0.6) is 5.75 Å². The van der Waals surface area contributed by atoms with Gasteiger partial charge in [0.25, 0.3) is 5.91 Å². The molecule has 2 fully saturated rings. The van der Waals surface area contributed by atoms with Crippen LogP contribution in [0.3, 0.4) is 0 Å². The first-order valence-electron chi connectivity index (χ1n) is 12.0. The van der Waals surface area contributed by atoms with E-state index in [9.17, 15) is 9.59 Å². The number of carbonyl (C=O) groups excluding carboxylic acids is 2. The van der Waals surface area contributed by atoms with E-state index in [0.29, 0.717) is 18.0 Å². The molecule has 2 heterocycles. The summed E-state index contributed by atoms with van der Waals surface area (Å²) in [5, 5.41) is 7.63. The first-order valence-corrected chi connectivity index (χ1v) is 12.0. The third kappa shape index (κ3) is 4.42. The van der Waals surface area contributed by atoms with Gasteiger partial charge in [0.05, 0.1) is 25.0 Å². The van der Waals surface area contributed by atoms with E-state index in [1.54, 1.807) is 11.8 Å². The molecule has 1 saturated carbocycles.